The van der Waals surface area contributed by atoms with Crippen LogP contribution >= 0.6 is 0 Å². The van der Waals surface area contributed by atoms with Gasteiger partial charge in [-0.05, 0) is 19.1 Å². The van der Waals surface area contributed by atoms with Crippen LogP contribution in [-0.2, 0) is 10.0 Å². The van der Waals surface area contributed by atoms with Crippen molar-refractivity contribution in [3.05, 3.63) is 24.0 Å². The van der Waals surface area contributed by atoms with Crippen molar-refractivity contribution in [1.29, 1.82) is 0 Å². The third-order valence-corrected chi connectivity index (χ3v) is 4.05. The number of anilines is 1. The highest BCUT2D eigenvalue weighted by molar-refractivity contribution is 7.93. The highest BCUT2D eigenvalue weighted by Crippen LogP contribution is 2.21. The van der Waals surface area contributed by atoms with Crippen LogP contribution in [0.3, 0.4) is 0 Å². The minimum absolute atomic E-state index is 0.00598. The first-order valence-corrected chi connectivity index (χ1v) is 6.50. The smallest absolute Gasteiger partial charge is 0.236 e. The molecule has 0 fully saturated rings. The van der Waals surface area contributed by atoms with E-state index in [2.05, 4.69) is 4.72 Å². The molecule has 1 aromatic carbocycles. The molecule has 1 atom stereocenters. The van der Waals surface area contributed by atoms with Crippen LogP contribution in [0, 0.1) is 5.82 Å². The zero-order valence-corrected chi connectivity index (χ0v) is 10.4. The highest BCUT2D eigenvalue weighted by Gasteiger charge is 2.19. The van der Waals surface area contributed by atoms with E-state index in [1.54, 1.807) is 0 Å². The summed E-state index contributed by atoms with van der Waals surface area (Å²) in [5.74, 6) is -0.576. The van der Waals surface area contributed by atoms with Gasteiger partial charge in [0.05, 0.1) is 18.0 Å². The van der Waals surface area contributed by atoms with Gasteiger partial charge < -0.3 is 10.5 Å². The molecule has 0 aliphatic rings. The molecule has 7 heteroatoms. The molecule has 1 unspecified atom stereocenters. The number of benzene rings is 1. The molecule has 0 aromatic heterocycles. The van der Waals surface area contributed by atoms with Crippen LogP contribution in [-0.4, -0.2) is 27.3 Å². The Labute approximate surface area is 99.8 Å². The molecule has 1 rings (SSSR count). The van der Waals surface area contributed by atoms with E-state index in [9.17, 15) is 12.8 Å². The zero-order valence-electron chi connectivity index (χ0n) is 9.60. The van der Waals surface area contributed by atoms with Crippen molar-refractivity contribution in [3.63, 3.8) is 0 Å². The van der Waals surface area contributed by atoms with Crippen LogP contribution in [0.2, 0.25) is 0 Å². The standard InChI is InChI=1S/C10H15FN2O3S/c1-7(6-12)17(14,15)13-8-3-4-10(16-2)9(11)5-8/h3-5,7,13H,6,12H2,1-2H3. The Morgan fingerprint density at radius 3 is 2.65 bits per heavy atom. The second kappa shape index (κ2) is 5.33. The lowest BCUT2D eigenvalue weighted by atomic mass is 10.3. The average molecular weight is 262 g/mol. The number of sulfonamides is 1. The van der Waals surface area contributed by atoms with Gasteiger partial charge in [0.15, 0.2) is 11.6 Å². The number of hydrogen-bond donors (Lipinski definition) is 2. The summed E-state index contributed by atoms with van der Waals surface area (Å²) in [4.78, 5) is 0. The van der Waals surface area contributed by atoms with E-state index in [1.165, 1.54) is 26.2 Å². The summed E-state index contributed by atoms with van der Waals surface area (Å²) in [6, 6.07) is 3.82. The van der Waals surface area contributed by atoms with E-state index in [0.717, 1.165) is 6.07 Å². The maximum Gasteiger partial charge on any atom is 0.236 e. The van der Waals surface area contributed by atoms with Crippen LogP contribution in [0.1, 0.15) is 6.92 Å². The van der Waals surface area contributed by atoms with Gasteiger partial charge in [-0.1, -0.05) is 0 Å². The maximum absolute atomic E-state index is 13.3. The lowest BCUT2D eigenvalue weighted by Crippen LogP contribution is -2.31. The summed E-state index contributed by atoms with van der Waals surface area (Å²) >= 11 is 0. The highest BCUT2D eigenvalue weighted by atomic mass is 32.2. The fraction of sp³-hybridized carbons (Fsp3) is 0.400. The third-order valence-electron chi connectivity index (χ3n) is 2.27. The van der Waals surface area contributed by atoms with Gasteiger partial charge in [0.2, 0.25) is 10.0 Å². The fourth-order valence-electron chi connectivity index (χ4n) is 1.12. The first-order valence-electron chi connectivity index (χ1n) is 4.96. The summed E-state index contributed by atoms with van der Waals surface area (Å²) in [6.45, 7) is 1.47. The quantitative estimate of drug-likeness (QED) is 0.827. The van der Waals surface area contributed by atoms with Crippen LogP contribution in [0.15, 0.2) is 18.2 Å². The van der Waals surface area contributed by atoms with Crippen molar-refractivity contribution in [3.8, 4) is 5.75 Å². The summed E-state index contributed by atoms with van der Waals surface area (Å²) in [7, 11) is -2.25. The summed E-state index contributed by atoms with van der Waals surface area (Å²) < 4.78 is 43.6. The van der Waals surface area contributed by atoms with Gasteiger partial charge in [0, 0.05) is 12.6 Å². The van der Waals surface area contributed by atoms with Gasteiger partial charge in [-0.15, -0.1) is 0 Å². The van der Waals surface area contributed by atoms with Crippen molar-refractivity contribution in [2.24, 2.45) is 5.73 Å². The summed E-state index contributed by atoms with van der Waals surface area (Å²) in [6.07, 6.45) is 0. The number of rotatable bonds is 5. The number of hydrogen-bond acceptors (Lipinski definition) is 4. The van der Waals surface area contributed by atoms with Gasteiger partial charge in [-0.2, -0.15) is 0 Å². The van der Waals surface area contributed by atoms with Crippen LogP contribution in [0.25, 0.3) is 0 Å². The molecule has 17 heavy (non-hydrogen) atoms. The van der Waals surface area contributed by atoms with E-state index in [1.807, 2.05) is 0 Å². The molecular weight excluding hydrogens is 247 g/mol. The van der Waals surface area contributed by atoms with Crippen molar-refractivity contribution in [2.45, 2.75) is 12.2 Å². The van der Waals surface area contributed by atoms with Gasteiger partial charge in [0.1, 0.15) is 0 Å². The Balaban J connectivity index is 2.93. The first-order chi connectivity index (χ1) is 7.90. The monoisotopic (exact) mass is 262 g/mol. The largest absolute Gasteiger partial charge is 0.494 e. The first kappa shape index (κ1) is 13.7. The zero-order chi connectivity index (χ0) is 13.1. The predicted molar refractivity (Wildman–Crippen MR) is 64.0 cm³/mol. The molecule has 0 saturated heterocycles. The molecular formula is C10H15FN2O3S. The normalized spacial score (nSPS) is 13.2. The molecule has 1 aromatic rings. The van der Waals surface area contributed by atoms with Crippen molar-refractivity contribution in [1.82, 2.24) is 0 Å². The average Bonchev–Trinajstić information content (AvgIpc) is 2.27. The molecule has 0 aliphatic carbocycles. The number of halogens is 1. The van der Waals surface area contributed by atoms with Gasteiger partial charge in [-0.25, -0.2) is 12.8 Å². The second-order valence-corrected chi connectivity index (χ2v) is 5.64. The van der Waals surface area contributed by atoms with Crippen molar-refractivity contribution < 1.29 is 17.5 Å². The molecule has 5 nitrogen and oxygen atoms in total. The summed E-state index contributed by atoms with van der Waals surface area (Å²) in [5, 5.41) is -0.743. The number of ether oxygens (including phenoxy) is 1. The molecule has 0 aliphatic heterocycles. The van der Waals surface area contributed by atoms with Crippen LogP contribution in [0.4, 0.5) is 10.1 Å². The van der Waals surface area contributed by atoms with Gasteiger partial charge in [0.25, 0.3) is 0 Å². The topological polar surface area (TPSA) is 81.4 Å². The second-order valence-electron chi connectivity index (χ2n) is 3.54. The molecule has 3 N–H and O–H groups in total. The molecule has 0 radical (unpaired) electrons. The Bertz CT molecular complexity index is 490. The number of methoxy groups -OCH3 is 1. The lowest BCUT2D eigenvalue weighted by Gasteiger charge is -2.13. The molecule has 96 valence electrons. The Morgan fingerprint density at radius 1 is 1.53 bits per heavy atom. The van der Waals surface area contributed by atoms with E-state index < -0.39 is 21.1 Å². The van der Waals surface area contributed by atoms with E-state index in [-0.39, 0.29) is 18.0 Å². The Hall–Kier alpha value is -1.34. The van der Waals surface area contributed by atoms with Crippen LogP contribution < -0.4 is 15.2 Å². The molecule has 0 spiro atoms. The minimum Gasteiger partial charge on any atom is -0.494 e. The van der Waals surface area contributed by atoms with Crippen LogP contribution in [0.5, 0.6) is 5.75 Å². The molecule has 0 amide bonds. The van der Waals surface area contributed by atoms with E-state index >= 15 is 0 Å². The van der Waals surface area contributed by atoms with Crippen molar-refractivity contribution >= 4 is 15.7 Å². The minimum atomic E-state index is -3.58. The Kier molecular flexibility index (Phi) is 4.30. The number of nitrogens with one attached hydrogen (secondary N) is 1. The SMILES string of the molecule is COc1ccc(NS(=O)(=O)C(C)CN)cc1F. The van der Waals surface area contributed by atoms with E-state index in [4.69, 9.17) is 10.5 Å². The van der Waals surface area contributed by atoms with E-state index in [0.29, 0.717) is 0 Å². The number of nitrogens with two attached hydrogens (primary N) is 1. The maximum atomic E-state index is 13.3. The van der Waals surface area contributed by atoms with Gasteiger partial charge in [-0.3, -0.25) is 4.72 Å². The molecule has 0 heterocycles. The predicted octanol–water partition coefficient (Wildman–Crippen LogP) is 0.923. The third kappa shape index (κ3) is 3.31. The summed E-state index contributed by atoms with van der Waals surface area (Å²) in [5.41, 5.74) is 5.42. The Morgan fingerprint density at radius 2 is 2.18 bits per heavy atom. The van der Waals surface area contributed by atoms with Crippen molar-refractivity contribution in [2.75, 3.05) is 18.4 Å². The lowest BCUT2D eigenvalue weighted by molar-refractivity contribution is 0.386. The molecule has 0 bridgehead atoms. The van der Waals surface area contributed by atoms with Gasteiger partial charge >= 0.3 is 0 Å². The molecule has 0 saturated carbocycles. The fourth-order valence-corrected chi connectivity index (χ4v) is 2.03.